The van der Waals surface area contributed by atoms with Gasteiger partial charge >= 0.3 is 0 Å². The van der Waals surface area contributed by atoms with Crippen LogP contribution >= 0.6 is 11.6 Å². The first-order chi connectivity index (χ1) is 15.7. The molecule has 3 aromatic rings. The first-order valence-electron chi connectivity index (χ1n) is 10.6. The fourth-order valence-corrected chi connectivity index (χ4v) is 4.52. The van der Waals surface area contributed by atoms with Gasteiger partial charge in [0, 0.05) is 22.5 Å². The molecule has 2 aromatic carbocycles. The van der Waals surface area contributed by atoms with Crippen LogP contribution in [0.1, 0.15) is 17.7 Å². The summed E-state index contributed by atoms with van der Waals surface area (Å²) in [4.78, 5) is 9.22. The average molecular weight is 438 g/mol. The number of benzene rings is 2. The summed E-state index contributed by atoms with van der Waals surface area (Å²) in [5.41, 5.74) is 5.72. The molecular formula is C27H20ClN3O. The van der Waals surface area contributed by atoms with Gasteiger partial charge in [0.05, 0.1) is 22.8 Å². The molecule has 0 saturated heterocycles. The Bertz CT molecular complexity index is 1420. The fourth-order valence-electron chi connectivity index (χ4n) is 4.36. The molecule has 0 saturated carbocycles. The summed E-state index contributed by atoms with van der Waals surface area (Å²) in [5.74, 6) is 1.69. The Morgan fingerprint density at radius 1 is 0.938 bits per heavy atom. The Labute approximate surface area is 191 Å². The van der Waals surface area contributed by atoms with E-state index in [-0.39, 0.29) is 0 Å². The molecule has 1 aliphatic carbocycles. The van der Waals surface area contributed by atoms with Crippen molar-refractivity contribution in [2.24, 2.45) is 4.99 Å². The highest BCUT2D eigenvalue weighted by molar-refractivity contribution is 6.32. The summed E-state index contributed by atoms with van der Waals surface area (Å²) < 4.78 is 6.10. The number of rotatable bonds is 1. The predicted molar refractivity (Wildman–Crippen MR) is 135 cm³/mol. The number of halogens is 1. The molecule has 32 heavy (non-hydrogen) atoms. The van der Waals surface area contributed by atoms with Crippen molar-refractivity contribution >= 4 is 57.7 Å². The van der Waals surface area contributed by atoms with Gasteiger partial charge in [-0.2, -0.15) is 0 Å². The third-order valence-corrected chi connectivity index (χ3v) is 6.04. The highest BCUT2D eigenvalue weighted by Crippen LogP contribution is 2.45. The van der Waals surface area contributed by atoms with Crippen LogP contribution in [0.2, 0.25) is 5.02 Å². The van der Waals surface area contributed by atoms with Crippen LogP contribution < -0.4 is 9.80 Å². The second kappa shape index (κ2) is 7.43. The molecule has 2 aliphatic heterocycles. The Morgan fingerprint density at radius 2 is 1.84 bits per heavy atom. The van der Waals surface area contributed by atoms with Gasteiger partial charge in [0.25, 0.3) is 0 Å². The van der Waals surface area contributed by atoms with Gasteiger partial charge in [-0.1, -0.05) is 54.6 Å². The van der Waals surface area contributed by atoms with E-state index in [1.165, 1.54) is 0 Å². The lowest BCUT2D eigenvalue weighted by molar-refractivity contribution is 0.603. The zero-order valence-electron chi connectivity index (χ0n) is 17.3. The third-order valence-electron chi connectivity index (χ3n) is 5.80. The van der Waals surface area contributed by atoms with E-state index in [0.717, 1.165) is 51.7 Å². The number of furan rings is 1. The molecule has 0 atom stereocenters. The van der Waals surface area contributed by atoms with E-state index >= 15 is 0 Å². The first kappa shape index (κ1) is 19.0. The van der Waals surface area contributed by atoms with Gasteiger partial charge < -0.3 is 9.32 Å². The largest absolute Gasteiger partial charge is 0.456 e. The van der Waals surface area contributed by atoms with Crippen LogP contribution in [0.15, 0.2) is 94.5 Å². The summed E-state index contributed by atoms with van der Waals surface area (Å²) in [6, 6.07) is 12.2. The number of fused-ring (bicyclic) bond motifs is 6. The van der Waals surface area contributed by atoms with E-state index in [1.807, 2.05) is 42.5 Å². The van der Waals surface area contributed by atoms with Crippen molar-refractivity contribution in [2.75, 3.05) is 16.3 Å². The maximum atomic E-state index is 6.38. The summed E-state index contributed by atoms with van der Waals surface area (Å²) in [7, 11) is 0. The number of hydrogen-bond acceptors (Lipinski definition) is 4. The lowest BCUT2D eigenvalue weighted by Gasteiger charge is -2.23. The van der Waals surface area contributed by atoms with Crippen LogP contribution in [0.5, 0.6) is 0 Å². The van der Waals surface area contributed by atoms with Crippen LogP contribution in [-0.4, -0.2) is 12.5 Å². The number of nitrogens with zero attached hydrogens (tertiary/aromatic N) is 3. The minimum Gasteiger partial charge on any atom is -0.456 e. The molecule has 0 fully saturated rings. The number of allylic oxidation sites excluding steroid dienone is 5. The van der Waals surface area contributed by atoms with Gasteiger partial charge in [0.1, 0.15) is 11.3 Å². The molecule has 4 nitrogen and oxygen atoms in total. The highest BCUT2D eigenvalue weighted by atomic mass is 35.5. The molecule has 156 valence electrons. The standard InChI is InChI=1S/C27H20ClN3O/c1-18-8-4-3-7-15-30-24-16-19(28)11-13-23(24)31(27(30)29-18)20-12-14-26-22(17-20)21-9-5-2-6-10-25(21)32-26/h3-14,16-17H,1-2,15H2/b7-3-,8-4-,29-27?. The van der Waals surface area contributed by atoms with Crippen LogP contribution in [0.3, 0.4) is 0 Å². The molecular weight excluding hydrogens is 418 g/mol. The Morgan fingerprint density at radius 3 is 2.78 bits per heavy atom. The van der Waals surface area contributed by atoms with Gasteiger partial charge in [0.2, 0.25) is 5.96 Å². The second-order valence-corrected chi connectivity index (χ2v) is 8.31. The Kier molecular flexibility index (Phi) is 4.40. The van der Waals surface area contributed by atoms with Gasteiger partial charge in [-0.3, -0.25) is 4.90 Å². The quantitative estimate of drug-likeness (QED) is 0.395. The smallest absolute Gasteiger partial charge is 0.216 e. The van der Waals surface area contributed by atoms with Gasteiger partial charge in [0.15, 0.2) is 0 Å². The third kappa shape index (κ3) is 3.03. The maximum Gasteiger partial charge on any atom is 0.216 e. The number of guanidine groups is 1. The average Bonchev–Trinajstić information content (AvgIpc) is 3.19. The Balaban J connectivity index is 1.57. The molecule has 1 aromatic heterocycles. The summed E-state index contributed by atoms with van der Waals surface area (Å²) in [6.45, 7) is 4.79. The normalized spacial score (nSPS) is 18.9. The van der Waals surface area contributed by atoms with Crippen molar-refractivity contribution in [1.82, 2.24) is 0 Å². The predicted octanol–water partition coefficient (Wildman–Crippen LogP) is 7.47. The van der Waals surface area contributed by atoms with Crippen molar-refractivity contribution in [2.45, 2.75) is 6.42 Å². The SMILES string of the molecule is C=C1/C=C\C=C/CN2C(=N1)N(c1ccc3oc4c(c3c1)C=CCC=C4)c1ccc(Cl)cc12. The topological polar surface area (TPSA) is 32.0 Å². The minimum atomic E-state index is 0.678. The van der Waals surface area contributed by atoms with E-state index in [1.54, 1.807) is 0 Å². The van der Waals surface area contributed by atoms with Crippen molar-refractivity contribution in [3.8, 4) is 0 Å². The molecule has 6 rings (SSSR count). The van der Waals surface area contributed by atoms with E-state index in [4.69, 9.17) is 21.0 Å². The molecule has 0 unspecified atom stereocenters. The van der Waals surface area contributed by atoms with E-state index < -0.39 is 0 Å². The van der Waals surface area contributed by atoms with Crippen LogP contribution in [0, 0.1) is 0 Å². The summed E-state index contributed by atoms with van der Waals surface area (Å²) >= 11 is 6.38. The second-order valence-electron chi connectivity index (χ2n) is 7.87. The van der Waals surface area contributed by atoms with Crippen LogP contribution in [0.4, 0.5) is 17.1 Å². The van der Waals surface area contributed by atoms with Crippen LogP contribution in [-0.2, 0) is 0 Å². The zero-order chi connectivity index (χ0) is 21.7. The lowest BCUT2D eigenvalue weighted by atomic mass is 10.1. The van der Waals surface area contributed by atoms with Crippen LogP contribution in [0.25, 0.3) is 23.1 Å². The molecule has 3 aliphatic rings. The van der Waals surface area contributed by atoms with E-state index in [2.05, 4.69) is 58.9 Å². The maximum absolute atomic E-state index is 6.38. The van der Waals surface area contributed by atoms with E-state index in [0.29, 0.717) is 17.3 Å². The Hall–Kier alpha value is -3.76. The molecule has 0 N–H and O–H groups in total. The molecule has 0 amide bonds. The minimum absolute atomic E-state index is 0.678. The molecule has 0 radical (unpaired) electrons. The van der Waals surface area contributed by atoms with Gasteiger partial charge in [-0.15, -0.1) is 0 Å². The monoisotopic (exact) mass is 437 g/mol. The fraction of sp³-hybridized carbons (Fsp3) is 0.0741. The van der Waals surface area contributed by atoms with Crippen molar-refractivity contribution < 1.29 is 4.42 Å². The van der Waals surface area contributed by atoms with Crippen molar-refractivity contribution in [3.63, 3.8) is 0 Å². The molecule has 0 bridgehead atoms. The van der Waals surface area contributed by atoms with Gasteiger partial charge in [-0.05, 0) is 55.0 Å². The van der Waals surface area contributed by atoms with Gasteiger partial charge in [-0.25, -0.2) is 4.99 Å². The van der Waals surface area contributed by atoms with Crippen molar-refractivity contribution in [3.05, 3.63) is 101 Å². The number of hydrogen-bond donors (Lipinski definition) is 0. The summed E-state index contributed by atoms with van der Waals surface area (Å²) in [6.07, 6.45) is 17.4. The highest BCUT2D eigenvalue weighted by Gasteiger charge is 2.34. The number of anilines is 3. The number of aliphatic imine (C=N–C) groups is 1. The first-order valence-corrected chi connectivity index (χ1v) is 10.9. The van der Waals surface area contributed by atoms with Crippen molar-refractivity contribution in [1.29, 1.82) is 0 Å². The lowest BCUT2D eigenvalue weighted by Crippen LogP contribution is -2.36. The molecule has 0 spiro atoms. The molecule has 5 heteroatoms. The van der Waals surface area contributed by atoms with E-state index in [9.17, 15) is 0 Å². The molecule has 3 heterocycles. The summed E-state index contributed by atoms with van der Waals surface area (Å²) in [5, 5.41) is 1.77. The zero-order valence-corrected chi connectivity index (χ0v) is 18.1.